The second-order valence-electron chi connectivity index (χ2n) is 3.11. The predicted octanol–water partition coefficient (Wildman–Crippen LogP) is 0.421. The molecule has 0 unspecified atom stereocenters. The van der Waals surface area contributed by atoms with Gasteiger partial charge < -0.3 is 11.1 Å². The maximum Gasteiger partial charge on any atom is 0.328 e. The normalized spacial score (nSPS) is 9.56. The molecule has 0 aliphatic heterocycles. The molecule has 0 aromatic carbocycles. The number of amides is 3. The molecular formula is C10H14N4O2. The second kappa shape index (κ2) is 6.52. The number of hydrogen-bond acceptors (Lipinski definition) is 4. The van der Waals surface area contributed by atoms with Gasteiger partial charge in [0.1, 0.15) is 0 Å². The summed E-state index contributed by atoms with van der Waals surface area (Å²) in [5.41, 5.74) is 5.90. The van der Waals surface area contributed by atoms with Crippen molar-refractivity contribution in [2.24, 2.45) is 5.73 Å². The van der Waals surface area contributed by atoms with Gasteiger partial charge in [-0.05, 0) is 25.1 Å². The highest BCUT2D eigenvalue weighted by Crippen LogP contribution is 2.04. The Hall–Kier alpha value is -1.95. The lowest BCUT2D eigenvalue weighted by molar-refractivity contribution is -0.115. The quantitative estimate of drug-likeness (QED) is 0.707. The van der Waals surface area contributed by atoms with Crippen LogP contribution in [0.1, 0.15) is 6.42 Å². The molecule has 0 aliphatic carbocycles. The molecule has 0 saturated heterocycles. The minimum absolute atomic E-state index is 0.316. The molecule has 3 N–H and O–H groups in total. The van der Waals surface area contributed by atoms with Crippen LogP contribution in [0.15, 0.2) is 24.5 Å². The van der Waals surface area contributed by atoms with E-state index in [1.807, 2.05) is 0 Å². The lowest BCUT2D eigenvalue weighted by Crippen LogP contribution is -2.35. The third kappa shape index (κ3) is 3.66. The average Bonchev–Trinajstić information content (AvgIpc) is 2.31. The van der Waals surface area contributed by atoms with Crippen molar-refractivity contribution in [2.75, 3.05) is 18.4 Å². The molecule has 0 spiro atoms. The van der Waals surface area contributed by atoms with Crippen LogP contribution in [-0.4, -0.2) is 35.4 Å². The summed E-state index contributed by atoms with van der Waals surface area (Å²) in [6, 6.07) is 2.82. The van der Waals surface area contributed by atoms with Crippen molar-refractivity contribution in [2.45, 2.75) is 6.42 Å². The molecule has 16 heavy (non-hydrogen) atoms. The lowest BCUT2D eigenvalue weighted by Gasteiger charge is -2.15. The van der Waals surface area contributed by atoms with Crippen LogP contribution in [0.25, 0.3) is 0 Å². The first-order chi connectivity index (χ1) is 7.77. The summed E-state index contributed by atoms with van der Waals surface area (Å²) in [6.45, 7) is 0.754. The van der Waals surface area contributed by atoms with Crippen LogP contribution in [0.4, 0.5) is 10.5 Å². The maximum atomic E-state index is 11.6. The van der Waals surface area contributed by atoms with E-state index in [1.165, 1.54) is 0 Å². The van der Waals surface area contributed by atoms with Crippen molar-refractivity contribution in [3.63, 3.8) is 0 Å². The standard InChI is InChI=1S/C10H14N4O2/c11-4-1-7-14(8-15)10(16)13-9-2-5-12-6-3-9/h2-3,5-6,8H,1,4,7,11H2,(H,12,13,16). The molecule has 1 aromatic rings. The van der Waals surface area contributed by atoms with Gasteiger partial charge in [-0.1, -0.05) is 0 Å². The van der Waals surface area contributed by atoms with Crippen molar-refractivity contribution in [3.8, 4) is 0 Å². The molecule has 0 atom stereocenters. The zero-order valence-electron chi connectivity index (χ0n) is 8.80. The van der Waals surface area contributed by atoms with E-state index >= 15 is 0 Å². The van der Waals surface area contributed by atoms with E-state index in [0.717, 1.165) is 4.90 Å². The fraction of sp³-hybridized carbons (Fsp3) is 0.300. The zero-order valence-corrected chi connectivity index (χ0v) is 8.80. The van der Waals surface area contributed by atoms with Gasteiger partial charge in [0.25, 0.3) is 0 Å². The van der Waals surface area contributed by atoms with E-state index in [1.54, 1.807) is 24.5 Å². The van der Waals surface area contributed by atoms with Gasteiger partial charge in [-0.3, -0.25) is 14.7 Å². The fourth-order valence-corrected chi connectivity index (χ4v) is 1.09. The van der Waals surface area contributed by atoms with Crippen molar-refractivity contribution in [3.05, 3.63) is 24.5 Å². The van der Waals surface area contributed by atoms with Crippen LogP contribution in [-0.2, 0) is 4.79 Å². The molecule has 0 saturated carbocycles. The van der Waals surface area contributed by atoms with Crippen LogP contribution in [0.2, 0.25) is 0 Å². The number of hydrogen-bond donors (Lipinski definition) is 2. The number of rotatable bonds is 5. The predicted molar refractivity (Wildman–Crippen MR) is 59.7 cm³/mol. The number of nitrogens with zero attached hydrogens (tertiary/aromatic N) is 2. The number of carbonyl (C=O) groups is 2. The van der Waals surface area contributed by atoms with E-state index in [2.05, 4.69) is 10.3 Å². The summed E-state index contributed by atoms with van der Waals surface area (Å²) in [7, 11) is 0. The lowest BCUT2D eigenvalue weighted by atomic mass is 10.4. The van der Waals surface area contributed by atoms with E-state index in [4.69, 9.17) is 5.73 Å². The Labute approximate surface area is 93.4 Å². The van der Waals surface area contributed by atoms with Crippen LogP contribution < -0.4 is 11.1 Å². The molecule has 86 valence electrons. The monoisotopic (exact) mass is 222 g/mol. The van der Waals surface area contributed by atoms with Crippen LogP contribution in [0.3, 0.4) is 0 Å². The summed E-state index contributed by atoms with van der Waals surface area (Å²) in [5, 5.41) is 2.58. The third-order valence-corrected chi connectivity index (χ3v) is 1.92. The molecule has 0 fully saturated rings. The smallest absolute Gasteiger partial charge is 0.328 e. The van der Waals surface area contributed by atoms with E-state index < -0.39 is 6.03 Å². The first-order valence-electron chi connectivity index (χ1n) is 4.91. The molecule has 6 heteroatoms. The van der Waals surface area contributed by atoms with E-state index in [-0.39, 0.29) is 0 Å². The van der Waals surface area contributed by atoms with Crippen LogP contribution >= 0.6 is 0 Å². The summed E-state index contributed by atoms with van der Waals surface area (Å²) >= 11 is 0. The highest BCUT2D eigenvalue weighted by molar-refractivity contribution is 5.95. The van der Waals surface area contributed by atoms with Crippen molar-refractivity contribution >= 4 is 18.1 Å². The Kier molecular flexibility index (Phi) is 4.94. The summed E-state index contributed by atoms with van der Waals surface area (Å²) in [6.07, 6.45) is 4.19. The van der Waals surface area contributed by atoms with E-state index in [9.17, 15) is 9.59 Å². The molecule has 1 heterocycles. The minimum Gasteiger partial charge on any atom is -0.330 e. The molecular weight excluding hydrogens is 208 g/mol. The number of imide groups is 1. The Morgan fingerprint density at radius 3 is 2.75 bits per heavy atom. The Balaban J connectivity index is 2.53. The first-order valence-corrected chi connectivity index (χ1v) is 4.91. The number of carbonyl (C=O) groups excluding carboxylic acids is 2. The Bertz CT molecular complexity index is 342. The summed E-state index contributed by atoms with van der Waals surface area (Å²) in [5.74, 6) is 0. The number of urea groups is 1. The molecule has 3 amide bonds. The van der Waals surface area contributed by atoms with Crippen LogP contribution in [0, 0.1) is 0 Å². The molecule has 1 aromatic heterocycles. The topological polar surface area (TPSA) is 88.3 Å². The van der Waals surface area contributed by atoms with Gasteiger partial charge in [0.05, 0.1) is 0 Å². The molecule has 0 aliphatic rings. The third-order valence-electron chi connectivity index (χ3n) is 1.92. The van der Waals surface area contributed by atoms with Gasteiger partial charge in [0.15, 0.2) is 0 Å². The van der Waals surface area contributed by atoms with Gasteiger partial charge in [-0.15, -0.1) is 0 Å². The number of anilines is 1. The molecule has 1 rings (SSSR count). The zero-order chi connectivity index (χ0) is 11.8. The number of pyridine rings is 1. The SMILES string of the molecule is NCCCN(C=O)C(=O)Nc1ccncc1. The van der Waals surface area contributed by atoms with Gasteiger partial charge in [-0.2, -0.15) is 0 Å². The Morgan fingerprint density at radius 2 is 2.19 bits per heavy atom. The fourth-order valence-electron chi connectivity index (χ4n) is 1.09. The molecule has 0 bridgehead atoms. The minimum atomic E-state index is -0.463. The molecule has 6 nitrogen and oxygen atoms in total. The highest BCUT2D eigenvalue weighted by Gasteiger charge is 2.11. The Morgan fingerprint density at radius 1 is 1.50 bits per heavy atom. The van der Waals surface area contributed by atoms with Crippen LogP contribution in [0.5, 0.6) is 0 Å². The number of nitrogens with one attached hydrogen (secondary N) is 1. The average molecular weight is 222 g/mol. The highest BCUT2D eigenvalue weighted by atomic mass is 16.2. The van der Waals surface area contributed by atoms with Gasteiger partial charge in [-0.25, -0.2) is 4.79 Å². The molecule has 0 radical (unpaired) electrons. The maximum absolute atomic E-state index is 11.6. The summed E-state index contributed by atoms with van der Waals surface area (Å²) in [4.78, 5) is 27.1. The number of aromatic nitrogens is 1. The van der Waals surface area contributed by atoms with Gasteiger partial charge in [0.2, 0.25) is 6.41 Å². The van der Waals surface area contributed by atoms with Crippen molar-refractivity contribution in [1.29, 1.82) is 0 Å². The number of nitrogens with two attached hydrogens (primary N) is 1. The van der Waals surface area contributed by atoms with E-state index in [0.29, 0.717) is 31.6 Å². The van der Waals surface area contributed by atoms with Crippen molar-refractivity contribution < 1.29 is 9.59 Å². The van der Waals surface area contributed by atoms with Crippen molar-refractivity contribution in [1.82, 2.24) is 9.88 Å². The first kappa shape index (κ1) is 12.1. The second-order valence-corrected chi connectivity index (χ2v) is 3.11. The van der Waals surface area contributed by atoms with Gasteiger partial charge in [0, 0.05) is 24.6 Å². The summed E-state index contributed by atoms with van der Waals surface area (Å²) < 4.78 is 0. The largest absolute Gasteiger partial charge is 0.330 e. The van der Waals surface area contributed by atoms with Gasteiger partial charge >= 0.3 is 6.03 Å².